The second-order valence-corrected chi connectivity index (χ2v) is 9.27. The first-order valence-corrected chi connectivity index (χ1v) is 13.3. The first-order chi connectivity index (χ1) is 14.7. The van der Waals surface area contributed by atoms with Gasteiger partial charge in [0.1, 0.15) is 0 Å². The maximum Gasteiger partial charge on any atom is 0.0540 e. The zero-order valence-corrected chi connectivity index (χ0v) is 19.9. The van der Waals surface area contributed by atoms with Gasteiger partial charge in [0, 0.05) is 13.2 Å². The molecule has 0 heterocycles. The average molecular weight is 431 g/mol. The summed E-state index contributed by atoms with van der Waals surface area (Å²) in [5, 5.41) is 37.5. The third kappa shape index (κ3) is 24.1. The summed E-state index contributed by atoms with van der Waals surface area (Å²) in [6.45, 7) is 0.610. The topological polar surface area (TPSA) is 80.9 Å². The normalized spacial score (nSPS) is 13.6. The molecule has 4 heteroatoms. The molecule has 182 valence electrons. The van der Waals surface area contributed by atoms with E-state index in [0.717, 1.165) is 77.0 Å². The van der Waals surface area contributed by atoms with Crippen LogP contribution >= 0.6 is 0 Å². The molecule has 0 aliphatic heterocycles. The number of hydrogen-bond donors (Lipinski definition) is 4. The van der Waals surface area contributed by atoms with Crippen molar-refractivity contribution in [2.75, 3.05) is 13.2 Å². The van der Waals surface area contributed by atoms with Gasteiger partial charge in [0.25, 0.3) is 0 Å². The quantitative estimate of drug-likeness (QED) is 0.129. The second kappa shape index (κ2) is 25.1. The minimum atomic E-state index is -0.116. The largest absolute Gasteiger partial charge is 0.396 e. The van der Waals surface area contributed by atoms with Crippen LogP contribution < -0.4 is 0 Å². The van der Waals surface area contributed by atoms with Crippen molar-refractivity contribution in [3.63, 3.8) is 0 Å². The molecule has 0 aromatic rings. The highest BCUT2D eigenvalue weighted by Gasteiger charge is 2.05. The Bertz CT molecular complexity index is 281. The first kappa shape index (κ1) is 29.8. The fourth-order valence-electron chi connectivity index (χ4n) is 4.15. The smallest absolute Gasteiger partial charge is 0.0540 e. The molecule has 0 aliphatic rings. The molecule has 4 nitrogen and oxygen atoms in total. The van der Waals surface area contributed by atoms with E-state index < -0.39 is 0 Å². The molecule has 0 rings (SSSR count). The van der Waals surface area contributed by atoms with Crippen LogP contribution in [-0.2, 0) is 0 Å². The lowest BCUT2D eigenvalue weighted by atomic mass is 10.0. The van der Waals surface area contributed by atoms with Gasteiger partial charge >= 0.3 is 0 Å². The van der Waals surface area contributed by atoms with E-state index in [1.807, 2.05) is 0 Å². The summed E-state index contributed by atoms with van der Waals surface area (Å²) in [4.78, 5) is 0. The van der Waals surface area contributed by atoms with E-state index in [0.29, 0.717) is 13.2 Å². The van der Waals surface area contributed by atoms with Crippen LogP contribution in [0.2, 0.25) is 0 Å². The Morgan fingerprint density at radius 1 is 0.300 bits per heavy atom. The van der Waals surface area contributed by atoms with E-state index >= 15 is 0 Å². The number of hydrogen-bond acceptors (Lipinski definition) is 4. The van der Waals surface area contributed by atoms with E-state index in [1.165, 1.54) is 64.2 Å². The van der Waals surface area contributed by atoms with Gasteiger partial charge in [-0.05, 0) is 38.5 Å². The Kier molecular flexibility index (Phi) is 25.0. The van der Waals surface area contributed by atoms with Gasteiger partial charge in [0.15, 0.2) is 0 Å². The molecule has 0 saturated heterocycles. The zero-order valence-electron chi connectivity index (χ0n) is 19.9. The Labute approximate surface area is 187 Å². The third-order valence-electron chi connectivity index (χ3n) is 6.22. The van der Waals surface area contributed by atoms with Crippen molar-refractivity contribution >= 4 is 0 Å². The molecule has 0 spiro atoms. The lowest BCUT2D eigenvalue weighted by Gasteiger charge is -2.11. The van der Waals surface area contributed by atoms with Crippen molar-refractivity contribution in [2.45, 2.75) is 153 Å². The van der Waals surface area contributed by atoms with Gasteiger partial charge in [0.2, 0.25) is 0 Å². The maximum absolute atomic E-state index is 10.0. The van der Waals surface area contributed by atoms with Gasteiger partial charge in [-0.15, -0.1) is 0 Å². The summed E-state index contributed by atoms with van der Waals surface area (Å²) in [5.41, 5.74) is 0. The van der Waals surface area contributed by atoms with Gasteiger partial charge in [0.05, 0.1) is 12.2 Å². The van der Waals surface area contributed by atoms with Gasteiger partial charge in [-0.3, -0.25) is 0 Å². The summed E-state index contributed by atoms with van der Waals surface area (Å²) in [6.07, 6.45) is 24.5. The van der Waals surface area contributed by atoms with E-state index in [1.54, 1.807) is 0 Å². The van der Waals surface area contributed by atoms with Crippen LogP contribution in [0.5, 0.6) is 0 Å². The summed E-state index contributed by atoms with van der Waals surface area (Å²) in [5.74, 6) is 0. The van der Waals surface area contributed by atoms with Gasteiger partial charge in [-0.25, -0.2) is 0 Å². The molecule has 2 atom stereocenters. The van der Waals surface area contributed by atoms with E-state index in [2.05, 4.69) is 0 Å². The fourth-order valence-corrected chi connectivity index (χ4v) is 4.15. The first-order valence-electron chi connectivity index (χ1n) is 13.3. The highest BCUT2D eigenvalue weighted by molar-refractivity contribution is 4.59. The van der Waals surface area contributed by atoms with Crippen molar-refractivity contribution in [2.24, 2.45) is 0 Å². The number of rotatable bonds is 25. The van der Waals surface area contributed by atoms with Crippen molar-refractivity contribution in [1.82, 2.24) is 0 Å². The highest BCUT2D eigenvalue weighted by atomic mass is 16.3. The Balaban J connectivity index is 3.21. The lowest BCUT2D eigenvalue weighted by Crippen LogP contribution is -2.06. The van der Waals surface area contributed by atoms with E-state index in [4.69, 9.17) is 10.2 Å². The van der Waals surface area contributed by atoms with Crippen molar-refractivity contribution in [3.05, 3.63) is 0 Å². The number of aliphatic hydroxyl groups is 4. The highest BCUT2D eigenvalue weighted by Crippen LogP contribution is 2.16. The molecule has 0 fully saturated rings. The minimum absolute atomic E-state index is 0.116. The van der Waals surface area contributed by atoms with Crippen LogP contribution in [0.15, 0.2) is 0 Å². The summed E-state index contributed by atoms with van der Waals surface area (Å²) < 4.78 is 0. The van der Waals surface area contributed by atoms with E-state index in [-0.39, 0.29) is 12.2 Å². The maximum atomic E-state index is 10.0. The summed E-state index contributed by atoms with van der Waals surface area (Å²) in [6, 6.07) is 0. The lowest BCUT2D eigenvalue weighted by molar-refractivity contribution is 0.146. The molecule has 30 heavy (non-hydrogen) atoms. The SMILES string of the molecule is OCCCCCCCC(O)CCCCCCCCCCC(O)CCCCCCCO. The Morgan fingerprint density at radius 2 is 0.500 bits per heavy atom. The molecule has 0 aromatic heterocycles. The predicted octanol–water partition coefficient (Wildman–Crippen LogP) is 6.28. The van der Waals surface area contributed by atoms with Gasteiger partial charge < -0.3 is 20.4 Å². The fraction of sp³-hybridized carbons (Fsp3) is 1.00. The molecule has 2 unspecified atom stereocenters. The Hall–Kier alpha value is -0.160. The predicted molar refractivity (Wildman–Crippen MR) is 128 cm³/mol. The molecular formula is C26H54O4. The van der Waals surface area contributed by atoms with Crippen LogP contribution in [0.25, 0.3) is 0 Å². The van der Waals surface area contributed by atoms with Crippen molar-refractivity contribution in [3.8, 4) is 0 Å². The van der Waals surface area contributed by atoms with Crippen LogP contribution in [0, 0.1) is 0 Å². The second-order valence-electron chi connectivity index (χ2n) is 9.27. The number of unbranched alkanes of at least 4 members (excludes halogenated alkanes) is 15. The molecule has 0 aliphatic carbocycles. The number of aliphatic hydroxyl groups excluding tert-OH is 4. The van der Waals surface area contributed by atoms with Crippen LogP contribution in [0.4, 0.5) is 0 Å². The van der Waals surface area contributed by atoms with E-state index in [9.17, 15) is 10.2 Å². The van der Waals surface area contributed by atoms with Crippen LogP contribution in [0.3, 0.4) is 0 Å². The van der Waals surface area contributed by atoms with Gasteiger partial charge in [-0.2, -0.15) is 0 Å². The minimum Gasteiger partial charge on any atom is -0.396 e. The van der Waals surface area contributed by atoms with Crippen molar-refractivity contribution in [1.29, 1.82) is 0 Å². The Morgan fingerprint density at radius 3 is 0.733 bits per heavy atom. The standard InChI is InChI=1S/C26H54O4/c27-23-17-11-5-9-15-21-25(29)19-13-7-3-1-2-4-8-14-20-26(30)22-16-10-6-12-18-24-28/h25-30H,1-24H2. The van der Waals surface area contributed by atoms with Gasteiger partial charge in [-0.1, -0.05) is 103 Å². The summed E-state index contributed by atoms with van der Waals surface area (Å²) >= 11 is 0. The molecule has 0 bridgehead atoms. The molecule has 0 aromatic carbocycles. The van der Waals surface area contributed by atoms with Crippen LogP contribution in [-0.4, -0.2) is 45.8 Å². The monoisotopic (exact) mass is 430 g/mol. The molecule has 0 saturated carbocycles. The van der Waals surface area contributed by atoms with Crippen LogP contribution in [0.1, 0.15) is 141 Å². The zero-order chi connectivity index (χ0) is 22.1. The summed E-state index contributed by atoms with van der Waals surface area (Å²) in [7, 11) is 0. The molecule has 4 N–H and O–H groups in total. The third-order valence-corrected chi connectivity index (χ3v) is 6.22. The van der Waals surface area contributed by atoms with Crippen molar-refractivity contribution < 1.29 is 20.4 Å². The molecule has 0 radical (unpaired) electrons. The molecule has 0 amide bonds. The average Bonchev–Trinajstić information content (AvgIpc) is 2.74. The molecular weight excluding hydrogens is 376 g/mol.